The molecule has 0 heterocycles. The van der Waals surface area contributed by atoms with Gasteiger partial charge in [-0.15, -0.1) is 0 Å². The first-order valence-electron chi connectivity index (χ1n) is 11.2. The average molecular weight is 415 g/mol. The highest BCUT2D eigenvalue weighted by molar-refractivity contribution is 5.79. The molecule has 3 nitrogen and oxygen atoms in total. The molecule has 0 aliphatic rings. The van der Waals surface area contributed by atoms with Crippen molar-refractivity contribution in [3.05, 3.63) is 108 Å². The Morgan fingerprint density at radius 3 is 1.48 bits per heavy atom. The molecule has 0 spiro atoms. The fourth-order valence-electron chi connectivity index (χ4n) is 4.06. The first-order valence-corrected chi connectivity index (χ1v) is 11.2. The molecule has 1 N–H and O–H groups in total. The molecule has 1 amide bonds. The van der Waals surface area contributed by atoms with Gasteiger partial charge in [0.15, 0.2) is 0 Å². The van der Waals surface area contributed by atoms with E-state index in [9.17, 15) is 4.79 Å². The Balaban J connectivity index is 1.78. The number of carbonyl (C=O) groups is 1. The summed E-state index contributed by atoms with van der Waals surface area (Å²) < 4.78 is 0. The second-order valence-electron chi connectivity index (χ2n) is 8.36. The van der Waals surface area contributed by atoms with E-state index in [-0.39, 0.29) is 30.0 Å². The SMILES string of the molecule is C[C@H](NC[C@H](C)C(=O)N([C@H](C)c1ccccc1)[C@H](C)c1ccccc1)c1ccccc1. The number of carbonyl (C=O) groups excluding carboxylic acids is 1. The Hall–Kier alpha value is -2.91. The first kappa shape index (κ1) is 22.8. The van der Waals surface area contributed by atoms with Crippen LogP contribution in [0.25, 0.3) is 0 Å². The maximum atomic E-state index is 13.7. The third-order valence-corrected chi connectivity index (χ3v) is 6.10. The van der Waals surface area contributed by atoms with Crippen molar-refractivity contribution in [2.75, 3.05) is 6.54 Å². The van der Waals surface area contributed by atoms with Crippen LogP contribution in [0.4, 0.5) is 0 Å². The molecule has 162 valence electrons. The summed E-state index contributed by atoms with van der Waals surface area (Å²) in [6.45, 7) is 9.05. The Labute approximate surface area is 187 Å². The molecular formula is C28H34N2O. The molecule has 3 rings (SSSR count). The summed E-state index contributed by atoms with van der Waals surface area (Å²) in [6.07, 6.45) is 0. The van der Waals surface area contributed by atoms with Gasteiger partial charge in [-0.25, -0.2) is 0 Å². The minimum absolute atomic E-state index is 0.0158. The van der Waals surface area contributed by atoms with E-state index in [2.05, 4.69) is 62.5 Å². The number of nitrogens with zero attached hydrogens (tertiary/aromatic N) is 1. The van der Waals surface area contributed by atoms with Crippen LogP contribution in [0.15, 0.2) is 91.0 Å². The summed E-state index contributed by atoms with van der Waals surface area (Å²) in [5, 5.41) is 3.54. The van der Waals surface area contributed by atoms with E-state index in [1.165, 1.54) is 5.56 Å². The van der Waals surface area contributed by atoms with Crippen molar-refractivity contribution in [3.8, 4) is 0 Å². The topological polar surface area (TPSA) is 32.3 Å². The summed E-state index contributed by atoms with van der Waals surface area (Å²) in [4.78, 5) is 15.8. The molecule has 0 aliphatic heterocycles. The molecule has 31 heavy (non-hydrogen) atoms. The standard InChI is InChI=1S/C28H34N2O/c1-21(20-29-22(2)25-14-8-5-9-15-25)28(31)30(23(3)26-16-10-6-11-17-26)24(4)27-18-12-7-13-19-27/h5-19,21-24,29H,20H2,1-4H3/t21-,22-,23+,24+/m0/s1. The first-order chi connectivity index (χ1) is 15.0. The van der Waals surface area contributed by atoms with Gasteiger partial charge in [-0.05, 0) is 37.5 Å². The molecule has 0 saturated carbocycles. The summed E-state index contributed by atoms with van der Waals surface area (Å²) in [7, 11) is 0. The maximum Gasteiger partial charge on any atom is 0.227 e. The minimum atomic E-state index is -0.136. The van der Waals surface area contributed by atoms with Crippen LogP contribution < -0.4 is 5.32 Å². The fraction of sp³-hybridized carbons (Fsp3) is 0.321. The number of rotatable bonds is 9. The molecule has 3 aromatic carbocycles. The van der Waals surface area contributed by atoms with E-state index >= 15 is 0 Å². The van der Waals surface area contributed by atoms with Crippen LogP contribution in [0, 0.1) is 5.92 Å². The lowest BCUT2D eigenvalue weighted by molar-refractivity contribution is -0.139. The molecule has 0 saturated heterocycles. The second-order valence-corrected chi connectivity index (χ2v) is 8.36. The van der Waals surface area contributed by atoms with Gasteiger partial charge in [0.05, 0.1) is 12.1 Å². The Morgan fingerprint density at radius 1 is 0.677 bits per heavy atom. The molecule has 0 fully saturated rings. The lowest BCUT2D eigenvalue weighted by atomic mass is 9.98. The molecule has 0 radical (unpaired) electrons. The van der Waals surface area contributed by atoms with Crippen LogP contribution in [0.5, 0.6) is 0 Å². The zero-order valence-electron chi connectivity index (χ0n) is 19.0. The Morgan fingerprint density at radius 2 is 1.06 bits per heavy atom. The lowest BCUT2D eigenvalue weighted by Crippen LogP contribution is -2.42. The van der Waals surface area contributed by atoms with Gasteiger partial charge in [-0.2, -0.15) is 0 Å². The van der Waals surface area contributed by atoms with Crippen LogP contribution in [-0.2, 0) is 4.79 Å². The monoisotopic (exact) mass is 414 g/mol. The molecule has 3 heteroatoms. The van der Waals surface area contributed by atoms with E-state index in [1.54, 1.807) is 0 Å². The predicted octanol–water partition coefficient (Wildman–Crippen LogP) is 6.32. The van der Waals surface area contributed by atoms with Crippen molar-refractivity contribution in [2.24, 2.45) is 5.92 Å². The summed E-state index contributed by atoms with van der Waals surface area (Å²) >= 11 is 0. The van der Waals surface area contributed by atoms with E-state index in [1.807, 2.05) is 66.4 Å². The Kier molecular flexibility index (Phi) is 8.02. The number of amides is 1. The van der Waals surface area contributed by atoms with Crippen LogP contribution in [0.2, 0.25) is 0 Å². The highest BCUT2D eigenvalue weighted by Crippen LogP contribution is 2.32. The lowest BCUT2D eigenvalue weighted by Gasteiger charge is -2.37. The van der Waals surface area contributed by atoms with E-state index in [4.69, 9.17) is 0 Å². The van der Waals surface area contributed by atoms with Gasteiger partial charge in [0.25, 0.3) is 0 Å². The minimum Gasteiger partial charge on any atom is -0.329 e. The zero-order valence-corrected chi connectivity index (χ0v) is 19.0. The van der Waals surface area contributed by atoms with E-state index < -0.39 is 0 Å². The third-order valence-electron chi connectivity index (χ3n) is 6.10. The van der Waals surface area contributed by atoms with E-state index in [0.717, 1.165) is 11.1 Å². The summed E-state index contributed by atoms with van der Waals surface area (Å²) in [6, 6.07) is 31.1. The zero-order chi connectivity index (χ0) is 22.2. The highest BCUT2D eigenvalue weighted by Gasteiger charge is 2.30. The molecule has 3 aromatic rings. The van der Waals surface area contributed by atoms with Gasteiger partial charge in [-0.3, -0.25) is 4.79 Å². The fourth-order valence-corrected chi connectivity index (χ4v) is 4.06. The predicted molar refractivity (Wildman–Crippen MR) is 129 cm³/mol. The number of hydrogen-bond acceptors (Lipinski definition) is 2. The molecule has 4 atom stereocenters. The summed E-state index contributed by atoms with van der Waals surface area (Å²) in [5.74, 6) is 0.0314. The van der Waals surface area contributed by atoms with Gasteiger partial charge in [0.1, 0.15) is 0 Å². The van der Waals surface area contributed by atoms with Gasteiger partial charge in [-0.1, -0.05) is 97.9 Å². The van der Waals surface area contributed by atoms with Crippen molar-refractivity contribution in [2.45, 2.75) is 45.8 Å². The molecule has 0 bridgehead atoms. The maximum absolute atomic E-state index is 13.7. The molecule has 0 unspecified atom stereocenters. The van der Waals surface area contributed by atoms with Crippen LogP contribution in [0.1, 0.15) is 62.5 Å². The second kappa shape index (κ2) is 10.9. The normalized spacial score (nSPS) is 15.0. The Bertz CT molecular complexity index is 882. The average Bonchev–Trinajstić information content (AvgIpc) is 2.83. The van der Waals surface area contributed by atoms with Crippen molar-refractivity contribution in [1.29, 1.82) is 0 Å². The quantitative estimate of drug-likeness (QED) is 0.444. The van der Waals surface area contributed by atoms with Gasteiger partial charge in [0.2, 0.25) is 5.91 Å². The third kappa shape index (κ3) is 5.83. The van der Waals surface area contributed by atoms with Crippen LogP contribution in [-0.4, -0.2) is 17.4 Å². The highest BCUT2D eigenvalue weighted by atomic mass is 16.2. The van der Waals surface area contributed by atoms with Gasteiger partial charge in [0, 0.05) is 18.5 Å². The van der Waals surface area contributed by atoms with Gasteiger partial charge >= 0.3 is 0 Å². The van der Waals surface area contributed by atoms with Crippen LogP contribution in [0.3, 0.4) is 0 Å². The van der Waals surface area contributed by atoms with Crippen molar-refractivity contribution >= 4 is 5.91 Å². The number of nitrogens with one attached hydrogen (secondary N) is 1. The van der Waals surface area contributed by atoms with E-state index in [0.29, 0.717) is 6.54 Å². The number of benzene rings is 3. The molecular weight excluding hydrogens is 380 g/mol. The smallest absolute Gasteiger partial charge is 0.227 e. The van der Waals surface area contributed by atoms with Gasteiger partial charge < -0.3 is 10.2 Å². The van der Waals surface area contributed by atoms with Crippen molar-refractivity contribution in [3.63, 3.8) is 0 Å². The number of hydrogen-bond donors (Lipinski definition) is 1. The molecule has 0 aliphatic carbocycles. The van der Waals surface area contributed by atoms with Crippen molar-refractivity contribution < 1.29 is 4.79 Å². The largest absolute Gasteiger partial charge is 0.329 e. The molecule has 0 aromatic heterocycles. The van der Waals surface area contributed by atoms with Crippen molar-refractivity contribution in [1.82, 2.24) is 10.2 Å². The summed E-state index contributed by atoms with van der Waals surface area (Å²) in [5.41, 5.74) is 3.53. The van der Waals surface area contributed by atoms with Crippen LogP contribution >= 0.6 is 0 Å².